The van der Waals surface area contributed by atoms with Crippen LogP contribution in [0.25, 0.3) is 0 Å². The molecule has 2 aromatic carbocycles. The van der Waals surface area contributed by atoms with Crippen LogP contribution in [0, 0.1) is 25.7 Å². The molecule has 1 saturated carbocycles. The summed E-state index contributed by atoms with van der Waals surface area (Å²) in [6.07, 6.45) is 7.53. The third kappa shape index (κ3) is 3.73. The Kier molecular flexibility index (Phi) is 4.69. The fraction of sp³-hybridized carbons (Fsp3) is 0.333. The molecular formula is C24H25NO2. The van der Waals surface area contributed by atoms with Crippen LogP contribution in [0.15, 0.2) is 59.2 Å². The van der Waals surface area contributed by atoms with Gasteiger partial charge in [-0.3, -0.25) is 4.99 Å². The molecule has 0 spiro atoms. The maximum atomic E-state index is 11.4. The monoisotopic (exact) mass is 359 g/mol. The summed E-state index contributed by atoms with van der Waals surface area (Å²) in [6, 6.07) is 13.7. The summed E-state index contributed by atoms with van der Waals surface area (Å²) >= 11 is 0. The summed E-state index contributed by atoms with van der Waals surface area (Å²) in [7, 11) is 0. The van der Waals surface area contributed by atoms with Gasteiger partial charge >= 0.3 is 5.97 Å². The number of aromatic carboxylic acids is 1. The van der Waals surface area contributed by atoms with Gasteiger partial charge in [-0.15, -0.1) is 0 Å². The summed E-state index contributed by atoms with van der Waals surface area (Å²) in [6.45, 7) is 4.31. The molecule has 1 heterocycles. The first-order valence-corrected chi connectivity index (χ1v) is 9.65. The molecule has 3 unspecified atom stereocenters. The third-order valence-corrected chi connectivity index (χ3v) is 6.00. The zero-order valence-electron chi connectivity index (χ0n) is 15.9. The van der Waals surface area contributed by atoms with Crippen molar-refractivity contribution in [1.29, 1.82) is 0 Å². The molecule has 0 saturated heterocycles. The van der Waals surface area contributed by atoms with Crippen LogP contribution in [-0.2, 0) is 6.42 Å². The van der Waals surface area contributed by atoms with E-state index in [0.717, 1.165) is 30.0 Å². The molecule has 3 heteroatoms. The fourth-order valence-corrected chi connectivity index (χ4v) is 4.10. The lowest BCUT2D eigenvalue weighted by atomic mass is 9.84. The Bertz CT molecular complexity index is 941. The van der Waals surface area contributed by atoms with Gasteiger partial charge in [-0.2, -0.15) is 0 Å². The van der Waals surface area contributed by atoms with Gasteiger partial charge in [0.05, 0.1) is 5.56 Å². The van der Waals surface area contributed by atoms with Crippen molar-refractivity contribution in [3.63, 3.8) is 0 Å². The van der Waals surface area contributed by atoms with Crippen LogP contribution < -0.4 is 0 Å². The number of carbonyl (C=O) groups is 1. The largest absolute Gasteiger partial charge is 0.478 e. The van der Waals surface area contributed by atoms with E-state index in [0.29, 0.717) is 11.5 Å². The second kappa shape index (κ2) is 7.15. The Labute approximate surface area is 160 Å². The van der Waals surface area contributed by atoms with E-state index in [1.807, 2.05) is 12.1 Å². The number of allylic oxidation sites excluding steroid dienone is 2. The van der Waals surface area contributed by atoms with E-state index in [9.17, 15) is 9.90 Å². The number of hydrogen-bond acceptors (Lipinski definition) is 2. The molecule has 1 fully saturated rings. The molecule has 138 valence electrons. The van der Waals surface area contributed by atoms with Gasteiger partial charge in [0, 0.05) is 17.8 Å². The molecule has 1 N–H and O–H groups in total. The SMILES string of the molecule is Cc1cccc(C(Cc2cccc(C(=O)O)c2)C2=CC3CC3CC=N2)c1C. The van der Waals surface area contributed by atoms with Gasteiger partial charge < -0.3 is 5.11 Å². The van der Waals surface area contributed by atoms with Crippen molar-refractivity contribution in [2.75, 3.05) is 0 Å². The number of rotatable bonds is 5. The average molecular weight is 359 g/mol. The van der Waals surface area contributed by atoms with Crippen molar-refractivity contribution in [2.24, 2.45) is 16.8 Å². The highest BCUT2D eigenvalue weighted by Crippen LogP contribution is 2.46. The van der Waals surface area contributed by atoms with E-state index >= 15 is 0 Å². The van der Waals surface area contributed by atoms with Gasteiger partial charge in [0.25, 0.3) is 0 Å². The molecule has 1 aliphatic carbocycles. The van der Waals surface area contributed by atoms with Gasteiger partial charge in [0.15, 0.2) is 0 Å². The van der Waals surface area contributed by atoms with Crippen LogP contribution in [0.1, 0.15) is 51.4 Å². The third-order valence-electron chi connectivity index (χ3n) is 6.00. The predicted molar refractivity (Wildman–Crippen MR) is 109 cm³/mol. The van der Waals surface area contributed by atoms with Crippen LogP contribution in [0.5, 0.6) is 0 Å². The summed E-state index contributed by atoms with van der Waals surface area (Å²) in [5.41, 5.74) is 6.37. The van der Waals surface area contributed by atoms with E-state index in [4.69, 9.17) is 4.99 Å². The summed E-state index contributed by atoms with van der Waals surface area (Å²) < 4.78 is 0. The zero-order chi connectivity index (χ0) is 19.0. The zero-order valence-corrected chi connectivity index (χ0v) is 15.9. The minimum Gasteiger partial charge on any atom is -0.478 e. The number of carboxylic acid groups (broad SMARTS) is 1. The number of benzene rings is 2. The van der Waals surface area contributed by atoms with Gasteiger partial charge in [0.2, 0.25) is 0 Å². The second-order valence-corrected chi connectivity index (χ2v) is 7.85. The number of nitrogens with zero attached hydrogens (tertiary/aromatic N) is 1. The van der Waals surface area contributed by atoms with Crippen molar-refractivity contribution in [3.05, 3.63) is 82.1 Å². The Hall–Kier alpha value is -2.68. The van der Waals surface area contributed by atoms with E-state index in [-0.39, 0.29) is 5.92 Å². The van der Waals surface area contributed by atoms with Crippen molar-refractivity contribution < 1.29 is 9.90 Å². The normalized spacial score (nSPS) is 21.8. The first-order chi connectivity index (χ1) is 13.0. The Morgan fingerprint density at radius 2 is 2.04 bits per heavy atom. The minimum atomic E-state index is -0.882. The first kappa shape index (κ1) is 17.7. The van der Waals surface area contributed by atoms with Crippen LogP contribution >= 0.6 is 0 Å². The highest BCUT2D eigenvalue weighted by Gasteiger charge is 2.37. The summed E-state index contributed by atoms with van der Waals surface area (Å²) in [5.74, 6) is 0.679. The number of aryl methyl sites for hydroxylation is 1. The molecule has 3 nitrogen and oxygen atoms in total. The molecule has 0 bridgehead atoms. The highest BCUT2D eigenvalue weighted by molar-refractivity contribution is 5.87. The van der Waals surface area contributed by atoms with Gasteiger partial charge in [-0.05, 0) is 79.3 Å². The number of fused-ring (bicyclic) bond motifs is 1. The molecule has 27 heavy (non-hydrogen) atoms. The molecule has 2 aliphatic rings. The lowest BCUT2D eigenvalue weighted by Crippen LogP contribution is -2.09. The quantitative estimate of drug-likeness (QED) is 0.785. The van der Waals surface area contributed by atoms with Crippen LogP contribution in [0.2, 0.25) is 0 Å². The van der Waals surface area contributed by atoms with Crippen molar-refractivity contribution >= 4 is 12.2 Å². The standard InChI is InChI=1S/C24H25NO2/c1-15-5-3-8-21(16(15)2)22(23-14-20-13-18(20)9-10-25-23)12-17-6-4-7-19(11-17)24(26)27/h3-8,10-11,14,18,20,22H,9,12-13H2,1-2H3,(H,26,27). The maximum Gasteiger partial charge on any atom is 0.335 e. The Morgan fingerprint density at radius 3 is 2.85 bits per heavy atom. The average Bonchev–Trinajstić information content (AvgIpc) is 3.41. The number of hydrogen-bond donors (Lipinski definition) is 1. The second-order valence-electron chi connectivity index (χ2n) is 7.85. The Morgan fingerprint density at radius 1 is 1.22 bits per heavy atom. The van der Waals surface area contributed by atoms with Crippen molar-refractivity contribution in [1.82, 2.24) is 0 Å². The molecule has 0 radical (unpaired) electrons. The molecule has 2 aromatic rings. The minimum absolute atomic E-state index is 0.143. The predicted octanol–water partition coefficient (Wildman–Crippen LogP) is 5.32. The van der Waals surface area contributed by atoms with E-state index < -0.39 is 5.97 Å². The summed E-state index contributed by atoms with van der Waals surface area (Å²) in [5, 5.41) is 9.33. The maximum absolute atomic E-state index is 11.4. The molecule has 1 aliphatic heterocycles. The van der Waals surface area contributed by atoms with Crippen molar-refractivity contribution in [2.45, 2.75) is 39.0 Å². The lowest BCUT2D eigenvalue weighted by molar-refractivity contribution is 0.0696. The Balaban J connectivity index is 1.75. The van der Waals surface area contributed by atoms with E-state index in [2.05, 4.69) is 44.3 Å². The van der Waals surface area contributed by atoms with E-state index in [1.54, 1.807) is 12.1 Å². The van der Waals surface area contributed by atoms with Crippen LogP contribution in [-0.4, -0.2) is 17.3 Å². The smallest absolute Gasteiger partial charge is 0.335 e. The van der Waals surface area contributed by atoms with Crippen LogP contribution in [0.3, 0.4) is 0 Å². The van der Waals surface area contributed by atoms with Gasteiger partial charge in [-0.25, -0.2) is 4.79 Å². The first-order valence-electron chi connectivity index (χ1n) is 9.65. The van der Waals surface area contributed by atoms with Crippen molar-refractivity contribution in [3.8, 4) is 0 Å². The summed E-state index contributed by atoms with van der Waals surface area (Å²) in [4.78, 5) is 16.2. The topological polar surface area (TPSA) is 49.7 Å². The van der Waals surface area contributed by atoms with Gasteiger partial charge in [0.1, 0.15) is 0 Å². The highest BCUT2D eigenvalue weighted by atomic mass is 16.4. The van der Waals surface area contributed by atoms with E-state index in [1.165, 1.54) is 23.1 Å². The molecule has 0 aromatic heterocycles. The van der Waals surface area contributed by atoms with Gasteiger partial charge in [-0.1, -0.05) is 36.4 Å². The van der Waals surface area contributed by atoms with Crippen LogP contribution in [0.4, 0.5) is 0 Å². The molecular weight excluding hydrogens is 334 g/mol. The fourth-order valence-electron chi connectivity index (χ4n) is 4.10. The molecule has 3 atom stereocenters. The number of carboxylic acids is 1. The molecule has 0 amide bonds. The lowest BCUT2D eigenvalue weighted by Gasteiger charge is -2.22. The number of aliphatic imine (C=N–C) groups is 1. The molecule has 4 rings (SSSR count).